The Morgan fingerprint density at radius 2 is 0.846 bits per heavy atom. The fraction of sp³-hybridized carbons (Fsp3) is 0. The normalized spacial score (nSPS) is 11.5. The molecule has 3 nitrogen and oxygen atoms in total. The fourth-order valence-corrected chi connectivity index (χ4v) is 7.55. The van der Waals surface area contributed by atoms with Crippen LogP contribution in [0.15, 0.2) is 188 Å². The number of pyridine rings is 1. The average molecular weight is 662 g/mol. The van der Waals surface area contributed by atoms with Gasteiger partial charge in [0.25, 0.3) is 0 Å². The summed E-state index contributed by atoms with van der Waals surface area (Å²) in [4.78, 5) is 14.7. The zero-order valence-electron chi connectivity index (χ0n) is 28.2. The van der Waals surface area contributed by atoms with Gasteiger partial charge in [-0.05, 0) is 102 Å². The van der Waals surface area contributed by atoms with Crippen molar-refractivity contribution in [3.8, 4) is 67.3 Å². The van der Waals surface area contributed by atoms with Crippen molar-refractivity contribution in [2.45, 2.75) is 0 Å². The topological polar surface area (TPSA) is 38.7 Å². The Morgan fingerprint density at radius 1 is 0.308 bits per heavy atom. The lowest BCUT2D eigenvalue weighted by atomic mass is 9.88. The van der Waals surface area contributed by atoms with Gasteiger partial charge >= 0.3 is 0 Å². The first-order chi connectivity index (χ1) is 25.7. The van der Waals surface area contributed by atoms with E-state index in [9.17, 15) is 0 Å². The first kappa shape index (κ1) is 29.9. The predicted molar refractivity (Wildman–Crippen MR) is 216 cm³/mol. The summed E-state index contributed by atoms with van der Waals surface area (Å²) < 4.78 is 0. The van der Waals surface area contributed by atoms with Crippen LogP contribution in [0.5, 0.6) is 0 Å². The minimum absolute atomic E-state index is 0.693. The number of rotatable bonds is 6. The highest BCUT2D eigenvalue weighted by atomic mass is 14.9. The van der Waals surface area contributed by atoms with Crippen molar-refractivity contribution in [2.24, 2.45) is 0 Å². The molecule has 0 unspecified atom stereocenters. The summed E-state index contributed by atoms with van der Waals surface area (Å²) >= 11 is 0. The molecular formula is C49H31N3. The van der Waals surface area contributed by atoms with Crippen LogP contribution in [0.1, 0.15) is 0 Å². The van der Waals surface area contributed by atoms with E-state index in [1.165, 1.54) is 49.0 Å². The predicted octanol–water partition coefficient (Wildman–Crippen LogP) is 12.8. The van der Waals surface area contributed by atoms with E-state index in [1.54, 1.807) is 0 Å². The third-order valence-corrected chi connectivity index (χ3v) is 10.1. The standard InChI is InChI=1S/C49H31N3/c1-3-8-32(9-4-1)33-14-16-35(17-15-33)45-31-46(52-49(51-45)39-10-5-2-6-11-39)42-29-40(34-24-26-50-27-25-34)28-41(30-42)43-22-20-38-19-18-36-12-7-13-37-21-23-44(43)48(38)47(36)37/h1-31H. The third kappa shape index (κ3) is 5.28. The molecule has 0 atom stereocenters. The molecule has 0 aliphatic heterocycles. The molecule has 52 heavy (non-hydrogen) atoms. The van der Waals surface area contributed by atoms with Gasteiger partial charge in [0.2, 0.25) is 0 Å². The Bertz CT molecular complexity index is 2850. The maximum absolute atomic E-state index is 5.24. The van der Waals surface area contributed by atoms with Crippen molar-refractivity contribution in [3.63, 3.8) is 0 Å². The van der Waals surface area contributed by atoms with Crippen LogP contribution in [0.3, 0.4) is 0 Å². The molecule has 8 aromatic carbocycles. The zero-order valence-corrected chi connectivity index (χ0v) is 28.2. The van der Waals surface area contributed by atoms with Crippen molar-refractivity contribution in [2.75, 3.05) is 0 Å². The van der Waals surface area contributed by atoms with Gasteiger partial charge in [-0.1, -0.05) is 140 Å². The van der Waals surface area contributed by atoms with E-state index < -0.39 is 0 Å². The van der Waals surface area contributed by atoms with E-state index in [4.69, 9.17) is 9.97 Å². The van der Waals surface area contributed by atoms with Gasteiger partial charge in [0.05, 0.1) is 11.4 Å². The molecule has 2 heterocycles. The van der Waals surface area contributed by atoms with Gasteiger partial charge in [0.1, 0.15) is 0 Å². The molecule has 10 rings (SSSR count). The highest BCUT2D eigenvalue weighted by molar-refractivity contribution is 6.25. The minimum Gasteiger partial charge on any atom is -0.265 e. The van der Waals surface area contributed by atoms with Crippen LogP contribution in [0.25, 0.3) is 99.6 Å². The molecule has 0 aliphatic carbocycles. The van der Waals surface area contributed by atoms with E-state index in [0.717, 1.165) is 44.8 Å². The summed E-state index contributed by atoms with van der Waals surface area (Å²) in [5.74, 6) is 0.693. The second-order valence-corrected chi connectivity index (χ2v) is 13.3. The zero-order chi connectivity index (χ0) is 34.4. The van der Waals surface area contributed by atoms with Crippen LogP contribution in [-0.4, -0.2) is 15.0 Å². The fourth-order valence-electron chi connectivity index (χ4n) is 7.55. The van der Waals surface area contributed by atoms with Crippen LogP contribution in [0.4, 0.5) is 0 Å². The van der Waals surface area contributed by atoms with Crippen LogP contribution in [-0.2, 0) is 0 Å². The van der Waals surface area contributed by atoms with Gasteiger partial charge in [-0.25, -0.2) is 9.97 Å². The first-order valence-electron chi connectivity index (χ1n) is 17.6. The number of aromatic nitrogens is 3. The maximum atomic E-state index is 5.24. The molecule has 0 saturated carbocycles. The van der Waals surface area contributed by atoms with Gasteiger partial charge in [0.15, 0.2) is 5.82 Å². The summed E-state index contributed by atoms with van der Waals surface area (Å²) in [7, 11) is 0. The largest absolute Gasteiger partial charge is 0.265 e. The molecule has 0 N–H and O–H groups in total. The van der Waals surface area contributed by atoms with E-state index in [0.29, 0.717) is 5.82 Å². The number of hydrogen-bond acceptors (Lipinski definition) is 3. The lowest BCUT2D eigenvalue weighted by Gasteiger charge is -2.16. The van der Waals surface area contributed by atoms with Crippen molar-refractivity contribution in [1.82, 2.24) is 15.0 Å². The van der Waals surface area contributed by atoms with Crippen LogP contribution < -0.4 is 0 Å². The SMILES string of the molecule is c1ccc(-c2ccc(-c3cc(-c4cc(-c5ccncc5)cc(-c5ccc6ccc7cccc8ccc5c6c78)c4)nc(-c4ccccc4)n3)cc2)cc1. The molecule has 0 amide bonds. The van der Waals surface area contributed by atoms with Crippen LogP contribution in [0.2, 0.25) is 0 Å². The Kier molecular flexibility index (Phi) is 7.14. The number of nitrogens with zero attached hydrogens (tertiary/aromatic N) is 3. The van der Waals surface area contributed by atoms with E-state index in [1.807, 2.05) is 36.7 Å². The lowest BCUT2D eigenvalue weighted by molar-refractivity contribution is 1.18. The Hall–Kier alpha value is -6.97. The summed E-state index contributed by atoms with van der Waals surface area (Å²) in [5, 5.41) is 7.64. The maximum Gasteiger partial charge on any atom is 0.160 e. The third-order valence-electron chi connectivity index (χ3n) is 10.1. The molecule has 0 bridgehead atoms. The highest BCUT2D eigenvalue weighted by Crippen LogP contribution is 2.41. The molecule has 0 spiro atoms. The van der Waals surface area contributed by atoms with Gasteiger partial charge in [-0.15, -0.1) is 0 Å². The van der Waals surface area contributed by atoms with E-state index in [2.05, 4.69) is 157 Å². The Morgan fingerprint density at radius 3 is 1.58 bits per heavy atom. The van der Waals surface area contributed by atoms with Gasteiger partial charge in [-0.2, -0.15) is 0 Å². The molecule has 242 valence electrons. The second-order valence-electron chi connectivity index (χ2n) is 13.3. The van der Waals surface area contributed by atoms with E-state index in [-0.39, 0.29) is 0 Å². The first-order valence-corrected chi connectivity index (χ1v) is 17.6. The van der Waals surface area contributed by atoms with Crippen LogP contribution >= 0.6 is 0 Å². The molecular weight excluding hydrogens is 631 g/mol. The molecule has 0 radical (unpaired) electrons. The van der Waals surface area contributed by atoms with Gasteiger partial charge < -0.3 is 0 Å². The molecule has 0 fully saturated rings. The van der Waals surface area contributed by atoms with E-state index >= 15 is 0 Å². The van der Waals surface area contributed by atoms with Gasteiger partial charge in [-0.3, -0.25) is 4.98 Å². The quantitative estimate of drug-likeness (QED) is 0.166. The lowest BCUT2D eigenvalue weighted by Crippen LogP contribution is -1.97. The van der Waals surface area contributed by atoms with Crippen molar-refractivity contribution in [3.05, 3.63) is 188 Å². The molecule has 2 aromatic heterocycles. The molecule has 0 saturated heterocycles. The average Bonchev–Trinajstić information content (AvgIpc) is 3.23. The molecule has 10 aromatic rings. The summed E-state index contributed by atoms with van der Waals surface area (Å²) in [6.45, 7) is 0. The Balaban J connectivity index is 1.19. The van der Waals surface area contributed by atoms with Crippen molar-refractivity contribution >= 4 is 32.3 Å². The molecule has 0 aliphatic rings. The minimum atomic E-state index is 0.693. The summed E-state index contributed by atoms with van der Waals surface area (Å²) in [6, 6.07) is 62.6. The molecule has 3 heteroatoms. The van der Waals surface area contributed by atoms with Crippen molar-refractivity contribution < 1.29 is 0 Å². The smallest absolute Gasteiger partial charge is 0.160 e. The summed E-state index contributed by atoms with van der Waals surface area (Å²) in [6.07, 6.45) is 3.71. The van der Waals surface area contributed by atoms with Crippen LogP contribution in [0, 0.1) is 0 Å². The van der Waals surface area contributed by atoms with Crippen molar-refractivity contribution in [1.29, 1.82) is 0 Å². The summed E-state index contributed by atoms with van der Waals surface area (Å²) in [5.41, 5.74) is 11.7. The number of hydrogen-bond donors (Lipinski definition) is 0. The number of benzene rings is 8. The monoisotopic (exact) mass is 661 g/mol. The highest BCUT2D eigenvalue weighted by Gasteiger charge is 2.16. The Labute approximate surface area is 301 Å². The second kappa shape index (κ2) is 12.4. The van der Waals surface area contributed by atoms with Gasteiger partial charge in [0, 0.05) is 29.1 Å².